The maximum Gasteiger partial charge on any atom is 0.225 e. The molecule has 1 aromatic rings. The van der Waals surface area contributed by atoms with E-state index in [1.165, 1.54) is 12.1 Å². The van der Waals surface area contributed by atoms with Crippen LogP contribution in [0.2, 0.25) is 15.1 Å². The van der Waals surface area contributed by atoms with Gasteiger partial charge in [0, 0.05) is 0 Å². The van der Waals surface area contributed by atoms with Crippen LogP contribution in [0.15, 0.2) is 17.1 Å². The molecule has 0 saturated heterocycles. The fourth-order valence-electron chi connectivity index (χ4n) is 0.754. The molecular formula is C8H3Cl6N. The third kappa shape index (κ3) is 4.56. The van der Waals surface area contributed by atoms with Crippen LogP contribution in [0, 0.1) is 0 Å². The molecule has 7 heteroatoms. The van der Waals surface area contributed by atoms with Gasteiger partial charge in [0.15, 0.2) is 0 Å². The Morgan fingerprint density at radius 1 is 0.933 bits per heavy atom. The average Bonchev–Trinajstić information content (AvgIpc) is 2.07. The van der Waals surface area contributed by atoms with E-state index in [0.717, 1.165) is 6.21 Å². The van der Waals surface area contributed by atoms with E-state index in [0.29, 0.717) is 20.8 Å². The van der Waals surface area contributed by atoms with E-state index in [1.807, 2.05) is 0 Å². The molecule has 0 aliphatic rings. The fourth-order valence-corrected chi connectivity index (χ4v) is 1.49. The van der Waals surface area contributed by atoms with Crippen LogP contribution in [0.1, 0.15) is 0 Å². The molecule has 0 spiro atoms. The van der Waals surface area contributed by atoms with Crippen LogP contribution < -0.4 is 0 Å². The molecule has 0 N–H and O–H groups in total. The normalized spacial score (nSPS) is 12.4. The number of nitrogens with zero attached hydrogens (tertiary/aromatic N) is 1. The van der Waals surface area contributed by atoms with E-state index >= 15 is 0 Å². The third-order valence-corrected chi connectivity index (χ3v) is 2.66. The predicted molar refractivity (Wildman–Crippen MR) is 69.9 cm³/mol. The van der Waals surface area contributed by atoms with Gasteiger partial charge >= 0.3 is 0 Å². The summed E-state index contributed by atoms with van der Waals surface area (Å²) in [5, 5.41) is 1.00. The highest BCUT2D eigenvalue weighted by molar-refractivity contribution is 6.74. The smallest absolute Gasteiger partial charge is 0.225 e. The summed E-state index contributed by atoms with van der Waals surface area (Å²) in [5.41, 5.74) is 0.386. The Labute approximate surface area is 117 Å². The van der Waals surface area contributed by atoms with Crippen molar-refractivity contribution in [3.63, 3.8) is 0 Å². The van der Waals surface area contributed by atoms with Gasteiger partial charge < -0.3 is 0 Å². The van der Waals surface area contributed by atoms with Crippen molar-refractivity contribution in [1.29, 1.82) is 0 Å². The molecule has 0 aliphatic heterocycles. The number of hydrogen-bond acceptors (Lipinski definition) is 1. The molecule has 0 saturated carbocycles. The highest BCUT2D eigenvalue weighted by Gasteiger charge is 2.16. The molecular weight excluding hydrogens is 323 g/mol. The van der Waals surface area contributed by atoms with Crippen LogP contribution in [-0.2, 0) is 0 Å². The molecule has 0 radical (unpaired) electrons. The Morgan fingerprint density at radius 2 is 1.47 bits per heavy atom. The molecule has 82 valence electrons. The van der Waals surface area contributed by atoms with Crippen molar-refractivity contribution >= 4 is 81.5 Å². The second-order valence-corrected chi connectivity index (χ2v) is 6.11. The second-order valence-electron chi connectivity index (χ2n) is 2.52. The van der Waals surface area contributed by atoms with E-state index in [-0.39, 0.29) is 0 Å². The molecule has 0 aromatic heterocycles. The van der Waals surface area contributed by atoms with E-state index in [9.17, 15) is 0 Å². The van der Waals surface area contributed by atoms with Crippen molar-refractivity contribution < 1.29 is 0 Å². The number of rotatable bonds is 1. The Hall–Kier alpha value is 0.630. The molecule has 0 bridgehead atoms. The summed E-state index contributed by atoms with van der Waals surface area (Å²) in [4.78, 5) is 3.88. The highest BCUT2D eigenvalue weighted by Crippen LogP contribution is 2.34. The molecule has 1 aromatic carbocycles. The van der Waals surface area contributed by atoms with E-state index in [2.05, 4.69) is 4.99 Å². The first-order chi connectivity index (χ1) is 6.79. The monoisotopic (exact) mass is 323 g/mol. The number of aliphatic imine (C=N–C) groups is 1. The van der Waals surface area contributed by atoms with Crippen molar-refractivity contribution in [3.8, 4) is 0 Å². The SMILES string of the molecule is Clc1cc(Cl)c(N=CC(Cl)(Cl)Cl)cc1Cl. The van der Waals surface area contributed by atoms with Crippen molar-refractivity contribution in [3.05, 3.63) is 27.2 Å². The van der Waals surface area contributed by atoms with Gasteiger partial charge in [0.25, 0.3) is 0 Å². The van der Waals surface area contributed by atoms with Crippen molar-refractivity contribution in [2.45, 2.75) is 3.79 Å². The van der Waals surface area contributed by atoms with Crippen LogP contribution in [0.5, 0.6) is 0 Å². The maximum absolute atomic E-state index is 5.84. The first-order valence-electron chi connectivity index (χ1n) is 3.56. The summed E-state index contributed by atoms with van der Waals surface area (Å²) in [6.07, 6.45) is 1.13. The highest BCUT2D eigenvalue weighted by atomic mass is 35.6. The lowest BCUT2D eigenvalue weighted by Crippen LogP contribution is -2.02. The van der Waals surface area contributed by atoms with Crippen molar-refractivity contribution in [1.82, 2.24) is 0 Å². The Bertz CT molecular complexity index is 395. The van der Waals surface area contributed by atoms with Crippen LogP contribution in [0.25, 0.3) is 0 Å². The van der Waals surface area contributed by atoms with Crippen LogP contribution >= 0.6 is 69.6 Å². The quantitative estimate of drug-likeness (QED) is 0.356. The number of halogens is 6. The lowest BCUT2D eigenvalue weighted by molar-refractivity contribution is 1.49. The van der Waals surface area contributed by atoms with Gasteiger partial charge in [-0.3, -0.25) is 4.99 Å². The van der Waals surface area contributed by atoms with E-state index in [4.69, 9.17) is 69.6 Å². The van der Waals surface area contributed by atoms with Gasteiger partial charge in [0.2, 0.25) is 3.79 Å². The molecule has 0 unspecified atom stereocenters. The molecule has 1 nitrogen and oxygen atoms in total. The minimum absolute atomic E-state index is 0.329. The lowest BCUT2D eigenvalue weighted by atomic mass is 10.3. The van der Waals surface area contributed by atoms with Gasteiger partial charge in [0.1, 0.15) is 0 Å². The molecule has 1 rings (SSSR count). The second kappa shape index (κ2) is 5.31. The third-order valence-electron chi connectivity index (χ3n) is 1.34. The van der Waals surface area contributed by atoms with Crippen LogP contribution in [0.4, 0.5) is 5.69 Å². The Balaban J connectivity index is 3.06. The van der Waals surface area contributed by atoms with Gasteiger partial charge in [-0.1, -0.05) is 69.6 Å². The van der Waals surface area contributed by atoms with Gasteiger partial charge in [-0.2, -0.15) is 0 Å². The fraction of sp³-hybridized carbons (Fsp3) is 0.125. The largest absolute Gasteiger partial charge is 0.255 e. The Kier molecular flexibility index (Phi) is 4.85. The van der Waals surface area contributed by atoms with Crippen LogP contribution in [0.3, 0.4) is 0 Å². The topological polar surface area (TPSA) is 12.4 Å². The zero-order valence-electron chi connectivity index (χ0n) is 6.95. The van der Waals surface area contributed by atoms with Crippen molar-refractivity contribution in [2.75, 3.05) is 0 Å². The van der Waals surface area contributed by atoms with E-state index < -0.39 is 3.79 Å². The summed E-state index contributed by atoms with van der Waals surface area (Å²) in [7, 11) is 0. The van der Waals surface area contributed by atoms with E-state index in [1.54, 1.807) is 0 Å². The first kappa shape index (κ1) is 13.7. The zero-order valence-corrected chi connectivity index (χ0v) is 11.5. The van der Waals surface area contributed by atoms with Crippen LogP contribution in [-0.4, -0.2) is 10.0 Å². The summed E-state index contributed by atoms with van der Waals surface area (Å²) in [6.45, 7) is 0. The molecule has 0 atom stereocenters. The number of alkyl halides is 3. The minimum atomic E-state index is -1.57. The van der Waals surface area contributed by atoms with Gasteiger partial charge in [-0.05, 0) is 12.1 Å². The maximum atomic E-state index is 5.84. The molecule has 0 heterocycles. The van der Waals surface area contributed by atoms with Gasteiger partial charge in [-0.25, -0.2) is 0 Å². The molecule has 15 heavy (non-hydrogen) atoms. The lowest BCUT2D eigenvalue weighted by Gasteiger charge is -2.04. The number of hydrogen-bond donors (Lipinski definition) is 0. The summed E-state index contributed by atoms with van der Waals surface area (Å²) in [6, 6.07) is 2.95. The summed E-state index contributed by atoms with van der Waals surface area (Å²) < 4.78 is -1.57. The predicted octanol–water partition coefficient (Wildman–Crippen LogP) is 5.72. The zero-order chi connectivity index (χ0) is 11.6. The summed E-state index contributed by atoms with van der Waals surface area (Å²) in [5.74, 6) is 0. The van der Waals surface area contributed by atoms with Crippen molar-refractivity contribution in [2.24, 2.45) is 4.99 Å². The summed E-state index contributed by atoms with van der Waals surface area (Å²) >= 11 is 33.8. The van der Waals surface area contributed by atoms with Gasteiger partial charge in [-0.15, -0.1) is 0 Å². The number of benzene rings is 1. The average molecular weight is 326 g/mol. The van der Waals surface area contributed by atoms with Gasteiger partial charge in [0.05, 0.1) is 27.0 Å². The molecule has 0 amide bonds. The molecule has 0 aliphatic carbocycles. The Morgan fingerprint density at radius 3 is 2.00 bits per heavy atom. The standard InChI is InChI=1S/C8H3Cl6N/c9-4-1-6(11)7(2-5(4)10)15-3-8(12,13)14/h1-3H. The first-order valence-corrected chi connectivity index (χ1v) is 5.83. The molecule has 0 fully saturated rings. The minimum Gasteiger partial charge on any atom is -0.255 e.